The Bertz CT molecular complexity index is 999. The van der Waals surface area contributed by atoms with Crippen LogP contribution in [0, 0.1) is 0 Å². The lowest BCUT2D eigenvalue weighted by Gasteiger charge is -2.18. The van der Waals surface area contributed by atoms with Crippen LogP contribution in [0.1, 0.15) is 239 Å². The smallest absolute Gasteiger partial charge is 0.322 e. The van der Waals surface area contributed by atoms with Crippen LogP contribution in [0.15, 0.2) is 48.6 Å². The predicted molar refractivity (Wildman–Crippen MR) is 240 cm³/mol. The zero-order valence-corrected chi connectivity index (χ0v) is 36.7. The SMILES string of the molecule is CC/C=C\C/C=C\C/C=C\C/C=C\CCCCC(CCCCCCCC(=O)NCC(=O)O)OC(=O)CCCCCCCCCCCCCCCCCCCCC. The normalized spacial score (nSPS) is 12.5. The van der Waals surface area contributed by atoms with Gasteiger partial charge in [-0.3, -0.25) is 14.4 Å². The maximum atomic E-state index is 12.8. The number of ether oxygens (including phenoxy) is 1. The second-order valence-corrected chi connectivity index (χ2v) is 16.0. The fourth-order valence-corrected chi connectivity index (χ4v) is 7.04. The van der Waals surface area contributed by atoms with Gasteiger partial charge in [-0.1, -0.05) is 197 Å². The number of carbonyl (C=O) groups is 3. The Kier molecular flexibility index (Phi) is 43.0. The quantitative estimate of drug-likeness (QED) is 0.0365. The van der Waals surface area contributed by atoms with Gasteiger partial charge in [-0.25, -0.2) is 0 Å². The first-order valence-corrected chi connectivity index (χ1v) is 23.8. The highest BCUT2D eigenvalue weighted by Gasteiger charge is 2.14. The number of hydrogen-bond acceptors (Lipinski definition) is 4. The van der Waals surface area contributed by atoms with Gasteiger partial charge in [-0.2, -0.15) is 0 Å². The van der Waals surface area contributed by atoms with Crippen molar-refractivity contribution in [2.24, 2.45) is 0 Å². The van der Waals surface area contributed by atoms with Gasteiger partial charge in [-0.15, -0.1) is 0 Å². The highest BCUT2D eigenvalue weighted by Crippen LogP contribution is 2.19. The lowest BCUT2D eigenvalue weighted by Crippen LogP contribution is -2.28. The Hall–Kier alpha value is -2.63. The van der Waals surface area contributed by atoms with E-state index in [1.165, 1.54) is 109 Å². The van der Waals surface area contributed by atoms with E-state index in [1.54, 1.807) is 0 Å². The first kappa shape index (κ1) is 53.4. The largest absolute Gasteiger partial charge is 0.480 e. The minimum Gasteiger partial charge on any atom is -0.480 e. The average molecular weight is 784 g/mol. The molecule has 0 radical (unpaired) electrons. The number of hydrogen-bond donors (Lipinski definition) is 2. The maximum Gasteiger partial charge on any atom is 0.322 e. The molecule has 0 aromatic carbocycles. The number of unbranched alkanes of at least 4 members (excludes halogenated alkanes) is 24. The van der Waals surface area contributed by atoms with Crippen LogP contribution in [-0.4, -0.2) is 35.6 Å². The zero-order chi connectivity index (χ0) is 40.8. The minimum atomic E-state index is -1.02. The van der Waals surface area contributed by atoms with Gasteiger partial charge in [0.15, 0.2) is 0 Å². The molecule has 0 spiro atoms. The first-order valence-electron chi connectivity index (χ1n) is 23.8. The van der Waals surface area contributed by atoms with E-state index in [0.717, 1.165) is 103 Å². The van der Waals surface area contributed by atoms with Crippen LogP contribution in [0.2, 0.25) is 0 Å². The molecule has 0 heterocycles. The molecule has 324 valence electrons. The molecule has 0 aromatic rings. The number of aliphatic carboxylic acids is 1. The van der Waals surface area contributed by atoms with Crippen molar-refractivity contribution in [1.82, 2.24) is 5.32 Å². The second kappa shape index (κ2) is 45.1. The van der Waals surface area contributed by atoms with Crippen molar-refractivity contribution in [3.8, 4) is 0 Å². The van der Waals surface area contributed by atoms with Crippen LogP contribution in [0.4, 0.5) is 0 Å². The zero-order valence-electron chi connectivity index (χ0n) is 36.7. The summed E-state index contributed by atoms with van der Waals surface area (Å²) in [5.74, 6) is -1.25. The standard InChI is InChI=1S/C50H89NO5/c1-3-5-7-9-11-13-15-17-19-20-21-22-24-26-28-30-32-37-41-45-50(55)56-47(43-39-35-33-36-40-44-48(52)51-46-49(53)54)42-38-34-31-29-27-25-23-18-16-14-12-10-8-6-4-2/h6,8,12,14,18,23,27,29,47H,3-5,7,9-11,13,15-17,19-22,24-26,28,30-46H2,1-2H3,(H,51,52)(H,53,54)/b8-6-,14-12-,23-18-,29-27-. The van der Waals surface area contributed by atoms with Crippen molar-refractivity contribution in [3.63, 3.8) is 0 Å². The van der Waals surface area contributed by atoms with Crippen LogP contribution in [0.25, 0.3) is 0 Å². The number of carboxylic acid groups (broad SMARTS) is 1. The molecule has 0 aliphatic carbocycles. The van der Waals surface area contributed by atoms with Gasteiger partial charge >= 0.3 is 11.9 Å². The van der Waals surface area contributed by atoms with Gasteiger partial charge in [0.2, 0.25) is 5.91 Å². The minimum absolute atomic E-state index is 0.0120. The lowest BCUT2D eigenvalue weighted by molar-refractivity contribution is -0.150. The van der Waals surface area contributed by atoms with Crippen molar-refractivity contribution >= 4 is 17.8 Å². The molecular weight excluding hydrogens is 695 g/mol. The van der Waals surface area contributed by atoms with Gasteiger partial charge in [0, 0.05) is 12.8 Å². The average Bonchev–Trinajstić information content (AvgIpc) is 3.18. The summed E-state index contributed by atoms with van der Waals surface area (Å²) in [5, 5.41) is 11.1. The van der Waals surface area contributed by atoms with E-state index >= 15 is 0 Å². The monoisotopic (exact) mass is 784 g/mol. The molecule has 0 aromatic heterocycles. The van der Waals surface area contributed by atoms with Crippen LogP contribution < -0.4 is 5.32 Å². The van der Waals surface area contributed by atoms with Crippen molar-refractivity contribution < 1.29 is 24.2 Å². The van der Waals surface area contributed by atoms with Crippen LogP contribution >= 0.6 is 0 Å². The summed E-state index contributed by atoms with van der Waals surface area (Å²) in [6, 6.07) is 0. The summed E-state index contributed by atoms with van der Waals surface area (Å²) in [6.45, 7) is 4.13. The van der Waals surface area contributed by atoms with Gasteiger partial charge in [0.25, 0.3) is 0 Å². The lowest BCUT2D eigenvalue weighted by atomic mass is 10.0. The number of esters is 1. The summed E-state index contributed by atoms with van der Waals surface area (Å²) >= 11 is 0. The molecule has 6 nitrogen and oxygen atoms in total. The molecule has 0 aliphatic rings. The van der Waals surface area contributed by atoms with Gasteiger partial charge < -0.3 is 15.2 Å². The Morgan fingerprint density at radius 3 is 1.34 bits per heavy atom. The molecule has 1 atom stereocenters. The van der Waals surface area contributed by atoms with Crippen molar-refractivity contribution in [1.29, 1.82) is 0 Å². The third-order valence-corrected chi connectivity index (χ3v) is 10.5. The molecule has 6 heteroatoms. The number of carbonyl (C=O) groups excluding carboxylic acids is 2. The third kappa shape index (κ3) is 44.1. The fraction of sp³-hybridized carbons (Fsp3) is 0.780. The van der Waals surface area contributed by atoms with E-state index in [1.807, 2.05) is 0 Å². The summed E-state index contributed by atoms with van der Waals surface area (Å²) in [5.41, 5.74) is 0. The fourth-order valence-electron chi connectivity index (χ4n) is 7.04. The summed E-state index contributed by atoms with van der Waals surface area (Å²) in [6.07, 6.45) is 58.2. The van der Waals surface area contributed by atoms with E-state index in [9.17, 15) is 14.4 Å². The molecule has 0 bridgehead atoms. The Balaban J connectivity index is 4.18. The van der Waals surface area contributed by atoms with E-state index in [-0.39, 0.29) is 24.5 Å². The Labute approximate surface area is 346 Å². The molecule has 0 rings (SSSR count). The van der Waals surface area contributed by atoms with Crippen molar-refractivity contribution in [2.75, 3.05) is 6.54 Å². The van der Waals surface area contributed by atoms with Crippen LogP contribution in [0.5, 0.6) is 0 Å². The highest BCUT2D eigenvalue weighted by atomic mass is 16.5. The van der Waals surface area contributed by atoms with E-state index < -0.39 is 5.97 Å². The van der Waals surface area contributed by atoms with Gasteiger partial charge in [-0.05, 0) is 77.0 Å². The predicted octanol–water partition coefficient (Wildman–Crippen LogP) is 15.0. The van der Waals surface area contributed by atoms with Crippen LogP contribution in [-0.2, 0) is 19.1 Å². The maximum absolute atomic E-state index is 12.8. The van der Waals surface area contributed by atoms with Crippen LogP contribution in [0.3, 0.4) is 0 Å². The molecule has 1 amide bonds. The Morgan fingerprint density at radius 1 is 0.482 bits per heavy atom. The van der Waals surface area contributed by atoms with Gasteiger partial charge in [0.05, 0.1) is 0 Å². The molecule has 2 N–H and O–H groups in total. The third-order valence-electron chi connectivity index (χ3n) is 10.5. The summed E-state index contributed by atoms with van der Waals surface area (Å²) in [4.78, 5) is 35.1. The first-order chi connectivity index (χ1) is 27.5. The van der Waals surface area contributed by atoms with Crippen molar-refractivity contribution in [3.05, 3.63) is 48.6 Å². The highest BCUT2D eigenvalue weighted by molar-refractivity contribution is 5.80. The van der Waals surface area contributed by atoms with Gasteiger partial charge in [0.1, 0.15) is 12.6 Å². The number of allylic oxidation sites excluding steroid dienone is 8. The molecule has 0 saturated heterocycles. The molecule has 0 saturated carbocycles. The molecule has 1 unspecified atom stereocenters. The van der Waals surface area contributed by atoms with E-state index in [0.29, 0.717) is 12.8 Å². The number of carboxylic acids is 1. The molecule has 0 fully saturated rings. The number of amides is 1. The molecule has 0 aliphatic heterocycles. The molecular formula is C50H89NO5. The van der Waals surface area contributed by atoms with E-state index in [4.69, 9.17) is 9.84 Å². The second-order valence-electron chi connectivity index (χ2n) is 16.0. The summed E-state index contributed by atoms with van der Waals surface area (Å²) in [7, 11) is 0. The number of rotatable bonds is 43. The van der Waals surface area contributed by atoms with E-state index in [2.05, 4.69) is 67.8 Å². The number of nitrogens with one attached hydrogen (secondary N) is 1. The topological polar surface area (TPSA) is 92.7 Å². The molecule has 56 heavy (non-hydrogen) atoms. The Morgan fingerprint density at radius 2 is 0.875 bits per heavy atom. The van der Waals surface area contributed by atoms with Crippen molar-refractivity contribution in [2.45, 2.75) is 245 Å². The summed E-state index contributed by atoms with van der Waals surface area (Å²) < 4.78 is 6.04.